The van der Waals surface area contributed by atoms with Gasteiger partial charge < -0.3 is 10.6 Å². The number of hydrogen-bond donors (Lipinski definition) is 2. The SMILES string of the molecule is CNC(=O)c1ccc(NC(=O)CCS(=O)(=O)c2ccccc2)c(C)c1. The van der Waals surface area contributed by atoms with Gasteiger partial charge in [0.25, 0.3) is 5.91 Å². The van der Waals surface area contributed by atoms with E-state index in [0.717, 1.165) is 5.56 Å². The van der Waals surface area contributed by atoms with Crippen LogP contribution in [0.2, 0.25) is 0 Å². The molecule has 2 rings (SSSR count). The molecule has 0 saturated carbocycles. The molecule has 0 aliphatic rings. The fourth-order valence-electron chi connectivity index (χ4n) is 2.27. The summed E-state index contributed by atoms with van der Waals surface area (Å²) in [5.41, 5.74) is 1.76. The van der Waals surface area contributed by atoms with Gasteiger partial charge >= 0.3 is 0 Å². The van der Waals surface area contributed by atoms with Crippen LogP contribution in [-0.2, 0) is 14.6 Å². The van der Waals surface area contributed by atoms with Gasteiger partial charge in [-0.1, -0.05) is 18.2 Å². The molecule has 0 heterocycles. The van der Waals surface area contributed by atoms with Gasteiger partial charge in [-0.15, -0.1) is 0 Å². The number of aryl methyl sites for hydroxylation is 1. The third-order valence-corrected chi connectivity index (χ3v) is 5.42. The molecule has 2 N–H and O–H groups in total. The maximum absolute atomic E-state index is 12.2. The Bertz CT molecular complexity index is 877. The number of amides is 2. The molecule has 25 heavy (non-hydrogen) atoms. The lowest BCUT2D eigenvalue weighted by Crippen LogP contribution is -2.19. The average Bonchev–Trinajstić information content (AvgIpc) is 2.62. The molecular weight excluding hydrogens is 340 g/mol. The monoisotopic (exact) mass is 360 g/mol. The lowest BCUT2D eigenvalue weighted by Gasteiger charge is -2.10. The molecule has 0 fully saturated rings. The summed E-state index contributed by atoms with van der Waals surface area (Å²) in [6, 6.07) is 12.9. The molecule has 0 aliphatic heterocycles. The van der Waals surface area contributed by atoms with E-state index < -0.39 is 15.7 Å². The number of anilines is 1. The van der Waals surface area contributed by atoms with Gasteiger partial charge in [-0.05, 0) is 42.8 Å². The van der Waals surface area contributed by atoms with Gasteiger partial charge in [-0.3, -0.25) is 9.59 Å². The van der Waals surface area contributed by atoms with Crippen LogP contribution in [0.5, 0.6) is 0 Å². The number of hydrogen-bond acceptors (Lipinski definition) is 4. The Morgan fingerprint density at radius 2 is 1.72 bits per heavy atom. The van der Waals surface area contributed by atoms with E-state index >= 15 is 0 Å². The Labute approximate surface area is 147 Å². The molecule has 132 valence electrons. The first kappa shape index (κ1) is 18.7. The van der Waals surface area contributed by atoms with Crippen LogP contribution in [-0.4, -0.2) is 33.0 Å². The predicted molar refractivity (Wildman–Crippen MR) is 96.3 cm³/mol. The first-order valence-electron chi connectivity index (χ1n) is 7.74. The van der Waals surface area contributed by atoms with Crippen LogP contribution in [0.25, 0.3) is 0 Å². The fourth-order valence-corrected chi connectivity index (χ4v) is 3.54. The summed E-state index contributed by atoms with van der Waals surface area (Å²) < 4.78 is 24.4. The fraction of sp³-hybridized carbons (Fsp3) is 0.222. The zero-order chi connectivity index (χ0) is 18.4. The Kier molecular flexibility index (Phi) is 5.93. The molecule has 2 aromatic rings. The van der Waals surface area contributed by atoms with Crippen LogP contribution < -0.4 is 10.6 Å². The molecule has 0 saturated heterocycles. The number of carbonyl (C=O) groups is 2. The van der Waals surface area contributed by atoms with Crippen molar-refractivity contribution < 1.29 is 18.0 Å². The summed E-state index contributed by atoms with van der Waals surface area (Å²) in [7, 11) is -1.95. The number of carbonyl (C=O) groups excluding carboxylic acids is 2. The molecule has 0 atom stereocenters. The second-order valence-electron chi connectivity index (χ2n) is 5.54. The van der Waals surface area contributed by atoms with Crippen molar-refractivity contribution in [3.8, 4) is 0 Å². The molecule has 0 bridgehead atoms. The summed E-state index contributed by atoms with van der Waals surface area (Å²) >= 11 is 0. The van der Waals surface area contributed by atoms with E-state index in [1.807, 2.05) is 0 Å². The van der Waals surface area contributed by atoms with E-state index in [9.17, 15) is 18.0 Å². The topological polar surface area (TPSA) is 92.3 Å². The summed E-state index contributed by atoms with van der Waals surface area (Å²) in [4.78, 5) is 23.8. The van der Waals surface area contributed by atoms with Crippen molar-refractivity contribution in [1.29, 1.82) is 0 Å². The highest BCUT2D eigenvalue weighted by Gasteiger charge is 2.16. The van der Waals surface area contributed by atoms with E-state index in [1.54, 1.807) is 50.4 Å². The third kappa shape index (κ3) is 4.90. The smallest absolute Gasteiger partial charge is 0.251 e. The highest BCUT2D eigenvalue weighted by atomic mass is 32.2. The molecule has 0 unspecified atom stereocenters. The van der Waals surface area contributed by atoms with Gasteiger partial charge in [0.05, 0.1) is 10.6 Å². The Morgan fingerprint density at radius 1 is 1.04 bits per heavy atom. The van der Waals surface area contributed by atoms with E-state index in [2.05, 4.69) is 10.6 Å². The van der Waals surface area contributed by atoms with Crippen molar-refractivity contribution in [1.82, 2.24) is 5.32 Å². The first-order chi connectivity index (χ1) is 11.8. The highest BCUT2D eigenvalue weighted by molar-refractivity contribution is 7.91. The van der Waals surface area contributed by atoms with Crippen LogP contribution in [0, 0.1) is 6.92 Å². The minimum Gasteiger partial charge on any atom is -0.355 e. The molecule has 6 nitrogen and oxygen atoms in total. The molecule has 0 radical (unpaired) electrons. The lowest BCUT2D eigenvalue weighted by atomic mass is 10.1. The van der Waals surface area contributed by atoms with E-state index in [-0.39, 0.29) is 23.0 Å². The van der Waals surface area contributed by atoms with Crippen LogP contribution in [0.3, 0.4) is 0 Å². The van der Waals surface area contributed by atoms with Crippen LogP contribution in [0.1, 0.15) is 22.3 Å². The Hall–Kier alpha value is -2.67. The van der Waals surface area contributed by atoms with Crippen LogP contribution in [0.15, 0.2) is 53.4 Å². The summed E-state index contributed by atoms with van der Waals surface area (Å²) in [6.45, 7) is 1.77. The predicted octanol–water partition coefficient (Wildman–Crippen LogP) is 2.16. The molecule has 7 heteroatoms. The van der Waals surface area contributed by atoms with Gasteiger partial charge in [0.2, 0.25) is 5.91 Å². The number of rotatable bonds is 6. The van der Waals surface area contributed by atoms with Gasteiger partial charge in [-0.25, -0.2) is 8.42 Å². The van der Waals surface area contributed by atoms with Crippen molar-refractivity contribution in [2.24, 2.45) is 0 Å². The molecule has 2 amide bonds. The zero-order valence-electron chi connectivity index (χ0n) is 14.1. The quantitative estimate of drug-likeness (QED) is 0.826. The van der Waals surface area contributed by atoms with Crippen molar-refractivity contribution in [2.45, 2.75) is 18.2 Å². The number of benzene rings is 2. The van der Waals surface area contributed by atoms with E-state index in [4.69, 9.17) is 0 Å². The minimum absolute atomic E-state index is 0.145. The van der Waals surface area contributed by atoms with Crippen LogP contribution in [0.4, 0.5) is 5.69 Å². The second-order valence-corrected chi connectivity index (χ2v) is 7.65. The number of nitrogens with one attached hydrogen (secondary N) is 2. The Morgan fingerprint density at radius 3 is 2.32 bits per heavy atom. The van der Waals surface area contributed by atoms with Crippen molar-refractivity contribution >= 4 is 27.3 Å². The second kappa shape index (κ2) is 7.94. The molecule has 0 spiro atoms. The first-order valence-corrected chi connectivity index (χ1v) is 9.39. The summed E-state index contributed by atoms with van der Waals surface area (Å²) in [5.74, 6) is -0.872. The van der Waals surface area contributed by atoms with Gasteiger partial charge in [0.1, 0.15) is 0 Å². The Balaban J connectivity index is 2.00. The third-order valence-electron chi connectivity index (χ3n) is 3.69. The largest absolute Gasteiger partial charge is 0.355 e. The van der Waals surface area contributed by atoms with Crippen molar-refractivity contribution in [3.63, 3.8) is 0 Å². The molecule has 2 aromatic carbocycles. The molecule has 0 aromatic heterocycles. The van der Waals surface area contributed by atoms with Gasteiger partial charge in [0, 0.05) is 24.7 Å². The van der Waals surface area contributed by atoms with E-state index in [0.29, 0.717) is 11.3 Å². The molecule has 0 aliphatic carbocycles. The van der Waals surface area contributed by atoms with Gasteiger partial charge in [0.15, 0.2) is 9.84 Å². The summed E-state index contributed by atoms with van der Waals surface area (Å²) in [6.07, 6.45) is -0.145. The normalized spacial score (nSPS) is 11.0. The standard InChI is InChI=1S/C18H20N2O4S/c1-13-12-14(18(22)19-2)8-9-16(13)20-17(21)10-11-25(23,24)15-6-4-3-5-7-15/h3-9,12H,10-11H2,1-2H3,(H,19,22)(H,20,21). The van der Waals surface area contributed by atoms with Crippen LogP contribution >= 0.6 is 0 Å². The van der Waals surface area contributed by atoms with Crippen molar-refractivity contribution in [3.05, 3.63) is 59.7 Å². The molecular formula is C18H20N2O4S. The van der Waals surface area contributed by atoms with Crippen molar-refractivity contribution in [2.75, 3.05) is 18.1 Å². The lowest BCUT2D eigenvalue weighted by molar-refractivity contribution is -0.115. The maximum Gasteiger partial charge on any atom is 0.251 e. The maximum atomic E-state index is 12.2. The highest BCUT2D eigenvalue weighted by Crippen LogP contribution is 2.17. The number of sulfone groups is 1. The summed E-state index contributed by atoms with van der Waals surface area (Å²) in [5, 5.41) is 5.21. The average molecular weight is 360 g/mol. The minimum atomic E-state index is -3.49. The zero-order valence-corrected chi connectivity index (χ0v) is 14.9. The van der Waals surface area contributed by atoms with E-state index in [1.165, 1.54) is 12.1 Å². The van der Waals surface area contributed by atoms with Gasteiger partial charge in [-0.2, -0.15) is 0 Å².